The van der Waals surface area contributed by atoms with Crippen LogP contribution in [0.4, 0.5) is 0 Å². The second-order valence-electron chi connectivity index (χ2n) is 5.82. The van der Waals surface area contributed by atoms with Crippen LogP contribution < -0.4 is 5.73 Å². The minimum atomic E-state index is -0.499. The van der Waals surface area contributed by atoms with Crippen LogP contribution in [0.2, 0.25) is 0 Å². The van der Waals surface area contributed by atoms with E-state index in [2.05, 4.69) is 4.90 Å². The highest BCUT2D eigenvalue weighted by atomic mass is 16.2. The molecule has 1 aromatic carbocycles. The molecule has 0 spiro atoms. The van der Waals surface area contributed by atoms with Gasteiger partial charge in [0.2, 0.25) is 5.91 Å². The average Bonchev–Trinajstić information content (AvgIpc) is 2.95. The first-order chi connectivity index (χ1) is 9.27. The van der Waals surface area contributed by atoms with Crippen molar-refractivity contribution in [2.75, 3.05) is 6.54 Å². The van der Waals surface area contributed by atoms with Crippen LogP contribution in [0.5, 0.6) is 0 Å². The largest absolute Gasteiger partial charge is 0.338 e. The van der Waals surface area contributed by atoms with E-state index in [1.54, 1.807) is 0 Å². The van der Waals surface area contributed by atoms with E-state index in [0.717, 1.165) is 30.9 Å². The minimum Gasteiger partial charge on any atom is -0.338 e. The van der Waals surface area contributed by atoms with Crippen LogP contribution in [-0.4, -0.2) is 23.4 Å². The van der Waals surface area contributed by atoms with E-state index in [1.165, 1.54) is 19.3 Å². The Hall–Kier alpha value is -1.35. The molecule has 3 nitrogen and oxygen atoms in total. The first kappa shape index (κ1) is 12.7. The maximum Gasteiger partial charge on any atom is 0.244 e. The predicted octanol–water partition coefficient (Wildman–Crippen LogP) is 2.48. The number of benzene rings is 1. The molecule has 1 aliphatic heterocycles. The molecule has 2 unspecified atom stereocenters. The maximum atomic E-state index is 12.6. The molecule has 3 heteroatoms. The van der Waals surface area contributed by atoms with Gasteiger partial charge in [-0.15, -0.1) is 0 Å². The number of carbonyl (C=O) groups excluding carboxylic acids is 1. The second kappa shape index (κ2) is 5.33. The molecule has 1 aromatic rings. The zero-order chi connectivity index (χ0) is 13.2. The van der Waals surface area contributed by atoms with Gasteiger partial charge in [0, 0.05) is 12.6 Å². The highest BCUT2D eigenvalue weighted by Crippen LogP contribution is 2.37. The molecule has 2 aliphatic rings. The van der Waals surface area contributed by atoms with Crippen LogP contribution in [0.15, 0.2) is 30.3 Å². The lowest BCUT2D eigenvalue weighted by Crippen LogP contribution is -2.49. The zero-order valence-corrected chi connectivity index (χ0v) is 11.3. The van der Waals surface area contributed by atoms with Crippen molar-refractivity contribution in [1.29, 1.82) is 0 Å². The SMILES string of the molecule is N[C@@H](C(=O)N1CCCC2CCCC21)c1ccccc1. The molecule has 0 aromatic heterocycles. The summed E-state index contributed by atoms with van der Waals surface area (Å²) in [6, 6.07) is 9.68. The Kier molecular flexibility index (Phi) is 3.56. The van der Waals surface area contributed by atoms with Crippen molar-refractivity contribution < 1.29 is 4.79 Å². The molecule has 1 aliphatic carbocycles. The lowest BCUT2D eigenvalue weighted by Gasteiger charge is -2.39. The monoisotopic (exact) mass is 258 g/mol. The summed E-state index contributed by atoms with van der Waals surface area (Å²) in [5, 5.41) is 0. The number of carbonyl (C=O) groups is 1. The van der Waals surface area contributed by atoms with E-state index < -0.39 is 6.04 Å². The third-order valence-corrected chi connectivity index (χ3v) is 4.70. The molecule has 2 N–H and O–H groups in total. The van der Waals surface area contributed by atoms with Gasteiger partial charge in [-0.1, -0.05) is 36.8 Å². The van der Waals surface area contributed by atoms with E-state index in [-0.39, 0.29) is 5.91 Å². The van der Waals surface area contributed by atoms with Gasteiger partial charge in [0.1, 0.15) is 6.04 Å². The van der Waals surface area contributed by atoms with Crippen molar-refractivity contribution >= 4 is 5.91 Å². The van der Waals surface area contributed by atoms with E-state index in [4.69, 9.17) is 5.73 Å². The standard InChI is InChI=1S/C16H22N2O/c17-15(13-6-2-1-3-7-13)16(19)18-11-5-9-12-8-4-10-14(12)18/h1-3,6-7,12,14-15H,4-5,8-11,17H2/t12?,14?,15-/m1/s1. The fraction of sp³-hybridized carbons (Fsp3) is 0.562. The fourth-order valence-electron chi connectivity index (χ4n) is 3.71. The Balaban J connectivity index is 1.76. The highest BCUT2D eigenvalue weighted by molar-refractivity contribution is 5.83. The molecule has 102 valence electrons. The van der Waals surface area contributed by atoms with Crippen molar-refractivity contribution in [1.82, 2.24) is 4.90 Å². The number of hydrogen-bond acceptors (Lipinski definition) is 2. The van der Waals surface area contributed by atoms with Crippen molar-refractivity contribution in [2.24, 2.45) is 11.7 Å². The first-order valence-electron chi connectivity index (χ1n) is 7.38. The molecular formula is C16H22N2O. The van der Waals surface area contributed by atoms with Crippen molar-refractivity contribution in [3.05, 3.63) is 35.9 Å². The van der Waals surface area contributed by atoms with Crippen molar-refractivity contribution in [3.8, 4) is 0 Å². The third kappa shape index (κ3) is 2.39. The molecule has 1 saturated carbocycles. The van der Waals surface area contributed by atoms with Crippen LogP contribution in [0.1, 0.15) is 43.7 Å². The van der Waals surface area contributed by atoms with E-state index in [9.17, 15) is 4.79 Å². The van der Waals surface area contributed by atoms with Gasteiger partial charge in [0.15, 0.2) is 0 Å². The molecule has 3 atom stereocenters. The third-order valence-electron chi connectivity index (χ3n) is 4.70. The Morgan fingerprint density at radius 3 is 2.68 bits per heavy atom. The van der Waals surface area contributed by atoms with Gasteiger partial charge < -0.3 is 10.6 Å². The topological polar surface area (TPSA) is 46.3 Å². The Labute approximate surface area is 114 Å². The Morgan fingerprint density at radius 2 is 1.89 bits per heavy atom. The van der Waals surface area contributed by atoms with E-state index >= 15 is 0 Å². The highest BCUT2D eigenvalue weighted by Gasteiger charge is 2.38. The molecule has 3 rings (SSSR count). The first-order valence-corrected chi connectivity index (χ1v) is 7.38. The van der Waals surface area contributed by atoms with Gasteiger partial charge in [-0.3, -0.25) is 4.79 Å². The lowest BCUT2D eigenvalue weighted by atomic mass is 9.91. The van der Waals surface area contributed by atoms with Crippen LogP contribution >= 0.6 is 0 Å². The number of rotatable bonds is 2. The van der Waals surface area contributed by atoms with Gasteiger partial charge in [0.25, 0.3) is 0 Å². The minimum absolute atomic E-state index is 0.114. The summed E-state index contributed by atoms with van der Waals surface area (Å²) in [6.45, 7) is 0.889. The molecule has 1 amide bonds. The number of nitrogens with zero attached hydrogens (tertiary/aromatic N) is 1. The summed E-state index contributed by atoms with van der Waals surface area (Å²) in [6.07, 6.45) is 6.13. The summed E-state index contributed by atoms with van der Waals surface area (Å²) in [4.78, 5) is 14.7. The summed E-state index contributed by atoms with van der Waals surface area (Å²) < 4.78 is 0. The summed E-state index contributed by atoms with van der Waals surface area (Å²) >= 11 is 0. The number of likely N-dealkylation sites (tertiary alicyclic amines) is 1. The van der Waals surface area contributed by atoms with Crippen molar-refractivity contribution in [3.63, 3.8) is 0 Å². The van der Waals surface area contributed by atoms with E-state index in [0.29, 0.717) is 6.04 Å². The quantitative estimate of drug-likeness (QED) is 0.886. The van der Waals surface area contributed by atoms with Gasteiger partial charge in [-0.05, 0) is 37.2 Å². The smallest absolute Gasteiger partial charge is 0.244 e. The Bertz CT molecular complexity index is 445. The van der Waals surface area contributed by atoms with Gasteiger partial charge in [-0.25, -0.2) is 0 Å². The second-order valence-corrected chi connectivity index (χ2v) is 5.82. The summed E-state index contributed by atoms with van der Waals surface area (Å²) in [5.41, 5.74) is 7.08. The molecule has 1 saturated heterocycles. The van der Waals surface area contributed by atoms with Crippen LogP contribution in [0.3, 0.4) is 0 Å². The Morgan fingerprint density at radius 1 is 1.16 bits per heavy atom. The molecular weight excluding hydrogens is 236 g/mol. The molecule has 2 fully saturated rings. The van der Waals surface area contributed by atoms with Crippen LogP contribution in [0, 0.1) is 5.92 Å². The summed E-state index contributed by atoms with van der Waals surface area (Å²) in [7, 11) is 0. The average molecular weight is 258 g/mol. The van der Waals surface area contributed by atoms with Crippen LogP contribution in [0.25, 0.3) is 0 Å². The molecule has 0 radical (unpaired) electrons. The summed E-state index contributed by atoms with van der Waals surface area (Å²) in [5.74, 6) is 0.837. The van der Waals surface area contributed by atoms with Crippen LogP contribution in [-0.2, 0) is 4.79 Å². The van der Waals surface area contributed by atoms with Gasteiger partial charge in [0.05, 0.1) is 0 Å². The molecule has 0 bridgehead atoms. The fourth-order valence-corrected chi connectivity index (χ4v) is 3.71. The number of piperidine rings is 1. The number of amides is 1. The number of nitrogens with two attached hydrogens (primary N) is 1. The number of hydrogen-bond donors (Lipinski definition) is 1. The lowest BCUT2D eigenvalue weighted by molar-refractivity contribution is -0.137. The van der Waals surface area contributed by atoms with Gasteiger partial charge >= 0.3 is 0 Å². The predicted molar refractivity (Wildman–Crippen MR) is 75.4 cm³/mol. The normalized spacial score (nSPS) is 27.9. The molecule has 1 heterocycles. The van der Waals surface area contributed by atoms with Gasteiger partial charge in [-0.2, -0.15) is 0 Å². The zero-order valence-electron chi connectivity index (χ0n) is 11.3. The molecule has 19 heavy (non-hydrogen) atoms. The number of fused-ring (bicyclic) bond motifs is 1. The maximum absolute atomic E-state index is 12.6. The van der Waals surface area contributed by atoms with Crippen molar-refractivity contribution in [2.45, 2.75) is 44.2 Å². The van der Waals surface area contributed by atoms with E-state index in [1.807, 2.05) is 30.3 Å².